The van der Waals surface area contributed by atoms with Crippen LogP contribution in [0.3, 0.4) is 0 Å². The van der Waals surface area contributed by atoms with Gasteiger partial charge in [-0.15, -0.1) is 0 Å². The number of nitrogens with one attached hydrogen (secondary N) is 1. The lowest BCUT2D eigenvalue weighted by atomic mass is 10.2. The van der Waals surface area contributed by atoms with Crippen LogP contribution in [0.25, 0.3) is 0 Å². The molecule has 1 N–H and O–H groups in total. The van der Waals surface area contributed by atoms with E-state index < -0.39 is 0 Å². The van der Waals surface area contributed by atoms with Gasteiger partial charge in [0.05, 0.1) is 12.7 Å². The van der Waals surface area contributed by atoms with E-state index >= 15 is 0 Å². The molecule has 0 saturated carbocycles. The Morgan fingerprint density at radius 1 is 1.36 bits per heavy atom. The van der Waals surface area contributed by atoms with E-state index in [4.69, 9.17) is 0 Å². The SMILES string of the molecule is Fc1cnccc1CNn1cccc1. The molecular formula is C10H10FN3. The van der Waals surface area contributed by atoms with Crippen molar-refractivity contribution < 1.29 is 4.39 Å². The number of rotatable bonds is 3. The van der Waals surface area contributed by atoms with E-state index in [1.165, 1.54) is 6.20 Å². The second kappa shape index (κ2) is 3.91. The molecule has 2 rings (SSSR count). The largest absolute Gasteiger partial charge is 0.322 e. The Bertz CT molecular complexity index is 398. The van der Waals surface area contributed by atoms with Gasteiger partial charge in [-0.05, 0) is 18.2 Å². The molecule has 0 fully saturated rings. The van der Waals surface area contributed by atoms with Gasteiger partial charge < -0.3 is 5.43 Å². The first-order valence-corrected chi connectivity index (χ1v) is 4.31. The van der Waals surface area contributed by atoms with Gasteiger partial charge >= 0.3 is 0 Å². The van der Waals surface area contributed by atoms with Crippen LogP contribution in [0.4, 0.5) is 4.39 Å². The molecule has 4 heteroatoms. The third-order valence-corrected chi connectivity index (χ3v) is 1.91. The summed E-state index contributed by atoms with van der Waals surface area (Å²) in [7, 11) is 0. The smallest absolute Gasteiger partial charge is 0.146 e. The fourth-order valence-corrected chi connectivity index (χ4v) is 1.16. The highest BCUT2D eigenvalue weighted by Gasteiger charge is 1.99. The lowest BCUT2D eigenvalue weighted by Gasteiger charge is -2.07. The molecule has 0 aliphatic carbocycles. The highest BCUT2D eigenvalue weighted by atomic mass is 19.1. The molecule has 0 bridgehead atoms. The van der Waals surface area contributed by atoms with Crippen LogP contribution in [-0.2, 0) is 6.54 Å². The minimum atomic E-state index is -0.285. The van der Waals surface area contributed by atoms with Crippen LogP contribution in [0.1, 0.15) is 5.56 Å². The van der Waals surface area contributed by atoms with Crippen molar-refractivity contribution in [3.05, 3.63) is 54.4 Å². The maximum atomic E-state index is 13.1. The van der Waals surface area contributed by atoms with E-state index in [0.29, 0.717) is 12.1 Å². The number of aromatic nitrogens is 2. The number of nitrogens with zero attached hydrogens (tertiary/aromatic N) is 2. The van der Waals surface area contributed by atoms with Crippen LogP contribution < -0.4 is 5.43 Å². The van der Waals surface area contributed by atoms with Crippen molar-refractivity contribution in [1.29, 1.82) is 0 Å². The Kier molecular flexibility index (Phi) is 2.44. The summed E-state index contributed by atoms with van der Waals surface area (Å²) in [5.74, 6) is -0.285. The lowest BCUT2D eigenvalue weighted by molar-refractivity contribution is 0.602. The van der Waals surface area contributed by atoms with Gasteiger partial charge in [-0.2, -0.15) is 0 Å². The second-order valence-corrected chi connectivity index (χ2v) is 2.89. The van der Waals surface area contributed by atoms with Crippen molar-refractivity contribution in [3.63, 3.8) is 0 Å². The number of hydrogen-bond donors (Lipinski definition) is 1. The summed E-state index contributed by atoms with van der Waals surface area (Å²) in [4.78, 5) is 3.68. The normalized spacial score (nSPS) is 10.1. The highest BCUT2D eigenvalue weighted by molar-refractivity contribution is 5.14. The first-order chi connectivity index (χ1) is 6.86. The third-order valence-electron chi connectivity index (χ3n) is 1.91. The van der Waals surface area contributed by atoms with Gasteiger partial charge in [0.25, 0.3) is 0 Å². The summed E-state index contributed by atoms with van der Waals surface area (Å²) in [6.45, 7) is 0.447. The minimum Gasteiger partial charge on any atom is -0.322 e. The van der Waals surface area contributed by atoms with Crippen LogP contribution in [-0.4, -0.2) is 9.66 Å². The molecule has 2 heterocycles. The molecule has 0 atom stereocenters. The van der Waals surface area contributed by atoms with Crippen molar-refractivity contribution in [3.8, 4) is 0 Å². The average Bonchev–Trinajstić information content (AvgIpc) is 2.69. The molecule has 72 valence electrons. The van der Waals surface area contributed by atoms with Gasteiger partial charge in [0.15, 0.2) is 0 Å². The standard InChI is InChI=1S/C10H10FN3/c11-10-8-12-4-3-9(10)7-13-14-5-1-2-6-14/h1-6,8,13H,7H2. The van der Waals surface area contributed by atoms with Crippen molar-refractivity contribution in [2.75, 3.05) is 5.43 Å². The molecule has 0 spiro atoms. The maximum Gasteiger partial charge on any atom is 0.146 e. The summed E-state index contributed by atoms with van der Waals surface area (Å²) >= 11 is 0. The van der Waals surface area contributed by atoms with Gasteiger partial charge in [-0.3, -0.25) is 9.66 Å². The lowest BCUT2D eigenvalue weighted by Crippen LogP contribution is -2.12. The summed E-state index contributed by atoms with van der Waals surface area (Å²) in [6, 6.07) is 5.46. The topological polar surface area (TPSA) is 29.9 Å². The molecule has 0 aliphatic heterocycles. The first-order valence-electron chi connectivity index (χ1n) is 4.31. The number of halogens is 1. The quantitative estimate of drug-likeness (QED) is 0.801. The van der Waals surface area contributed by atoms with Crippen molar-refractivity contribution >= 4 is 0 Å². The number of pyridine rings is 1. The van der Waals surface area contributed by atoms with Crippen molar-refractivity contribution in [1.82, 2.24) is 9.66 Å². The molecular weight excluding hydrogens is 181 g/mol. The molecule has 0 unspecified atom stereocenters. The zero-order valence-corrected chi connectivity index (χ0v) is 7.52. The van der Waals surface area contributed by atoms with Gasteiger partial charge in [-0.1, -0.05) is 0 Å². The van der Waals surface area contributed by atoms with Crippen molar-refractivity contribution in [2.45, 2.75) is 6.54 Å². The second-order valence-electron chi connectivity index (χ2n) is 2.89. The van der Waals surface area contributed by atoms with E-state index in [2.05, 4.69) is 10.4 Å². The molecule has 0 saturated heterocycles. The zero-order valence-electron chi connectivity index (χ0n) is 7.52. The number of hydrogen-bond acceptors (Lipinski definition) is 2. The van der Waals surface area contributed by atoms with Crippen LogP contribution in [0.2, 0.25) is 0 Å². The molecule has 0 radical (unpaired) electrons. The summed E-state index contributed by atoms with van der Waals surface area (Å²) in [5.41, 5.74) is 3.64. The Balaban J connectivity index is 2.02. The Morgan fingerprint density at radius 3 is 2.86 bits per heavy atom. The summed E-state index contributed by atoms with van der Waals surface area (Å²) in [5, 5.41) is 0. The predicted molar refractivity (Wildman–Crippen MR) is 51.7 cm³/mol. The monoisotopic (exact) mass is 191 g/mol. The van der Waals surface area contributed by atoms with Crippen LogP contribution in [0, 0.1) is 5.82 Å². The van der Waals surface area contributed by atoms with Gasteiger partial charge in [-0.25, -0.2) is 4.39 Å². The molecule has 0 amide bonds. The highest BCUT2D eigenvalue weighted by Crippen LogP contribution is 2.04. The Hall–Kier alpha value is -1.84. The fraction of sp³-hybridized carbons (Fsp3) is 0.100. The minimum absolute atomic E-state index is 0.285. The predicted octanol–water partition coefficient (Wildman–Crippen LogP) is 1.77. The molecule has 3 nitrogen and oxygen atoms in total. The molecule has 0 aromatic carbocycles. The zero-order chi connectivity index (χ0) is 9.80. The molecule has 0 aliphatic rings. The summed E-state index contributed by atoms with van der Waals surface area (Å²) < 4.78 is 14.9. The fourth-order valence-electron chi connectivity index (χ4n) is 1.16. The van der Waals surface area contributed by atoms with E-state index in [9.17, 15) is 4.39 Å². The first kappa shape index (κ1) is 8.74. The third kappa shape index (κ3) is 1.90. The van der Waals surface area contributed by atoms with Crippen LogP contribution >= 0.6 is 0 Å². The maximum absolute atomic E-state index is 13.1. The van der Waals surface area contributed by atoms with E-state index in [-0.39, 0.29) is 5.82 Å². The van der Waals surface area contributed by atoms with Crippen LogP contribution in [0.15, 0.2) is 43.0 Å². The van der Waals surface area contributed by atoms with Gasteiger partial charge in [0.1, 0.15) is 5.82 Å². The molecule has 2 aromatic heterocycles. The van der Waals surface area contributed by atoms with E-state index in [1.807, 2.05) is 24.5 Å². The van der Waals surface area contributed by atoms with Gasteiger partial charge in [0.2, 0.25) is 0 Å². The van der Waals surface area contributed by atoms with Gasteiger partial charge in [0, 0.05) is 24.2 Å². The summed E-state index contributed by atoms with van der Waals surface area (Å²) in [6.07, 6.45) is 6.51. The Morgan fingerprint density at radius 2 is 2.14 bits per heavy atom. The average molecular weight is 191 g/mol. The molecule has 2 aromatic rings. The molecule has 14 heavy (non-hydrogen) atoms. The van der Waals surface area contributed by atoms with Crippen LogP contribution in [0.5, 0.6) is 0 Å². The van der Waals surface area contributed by atoms with E-state index in [1.54, 1.807) is 16.9 Å². The Labute approximate surface area is 81.2 Å². The van der Waals surface area contributed by atoms with E-state index in [0.717, 1.165) is 0 Å². The van der Waals surface area contributed by atoms with Crippen molar-refractivity contribution in [2.24, 2.45) is 0 Å².